The number of hydrogen-bond acceptors (Lipinski definition) is 6. The van der Waals surface area contributed by atoms with E-state index in [2.05, 4.69) is 15.3 Å². The Balaban J connectivity index is 1.59. The minimum Gasteiger partial charge on any atom is -0.481 e. The summed E-state index contributed by atoms with van der Waals surface area (Å²) in [6, 6.07) is 9.20. The Morgan fingerprint density at radius 1 is 1.23 bits per heavy atom. The fourth-order valence-electron chi connectivity index (χ4n) is 4.81. The third-order valence-electron chi connectivity index (χ3n) is 6.41. The molecule has 3 aromatic rings. The molecule has 1 fully saturated rings. The number of rotatable bonds is 5. The van der Waals surface area contributed by atoms with Crippen LogP contribution in [0.25, 0.3) is 10.4 Å². The Hall–Kier alpha value is -2.98. The van der Waals surface area contributed by atoms with Gasteiger partial charge in [0.2, 0.25) is 0 Å². The van der Waals surface area contributed by atoms with E-state index in [9.17, 15) is 28.2 Å². The smallest absolute Gasteiger partial charge is 0.433 e. The summed E-state index contributed by atoms with van der Waals surface area (Å²) < 4.78 is 39.0. The molecule has 0 spiro atoms. The number of hydrogen-bond donors (Lipinski definition) is 3. The zero-order chi connectivity index (χ0) is 25.6. The van der Waals surface area contributed by atoms with E-state index < -0.39 is 34.8 Å². The predicted octanol–water partition coefficient (Wildman–Crippen LogP) is 6.37. The number of thiazole rings is 1. The van der Waals surface area contributed by atoms with Gasteiger partial charge in [-0.05, 0) is 67.0 Å². The van der Waals surface area contributed by atoms with Crippen molar-refractivity contribution in [2.75, 3.05) is 5.32 Å². The van der Waals surface area contributed by atoms with Crippen LogP contribution < -0.4 is 5.32 Å². The van der Waals surface area contributed by atoms with Crippen molar-refractivity contribution in [2.24, 2.45) is 11.3 Å². The molecule has 0 aliphatic heterocycles. The summed E-state index contributed by atoms with van der Waals surface area (Å²) in [5.41, 5.74) is -0.534. The highest BCUT2D eigenvalue weighted by Crippen LogP contribution is 2.51. The number of carboxylic acids is 1. The lowest BCUT2D eigenvalue weighted by molar-refractivity contribution is -0.154. The highest BCUT2D eigenvalue weighted by atomic mass is 32.1. The number of anilines is 2. The summed E-state index contributed by atoms with van der Waals surface area (Å²) in [5.74, 6) is -1.31. The van der Waals surface area contributed by atoms with Crippen LogP contribution in [-0.2, 0) is 16.6 Å². The third-order valence-corrected chi connectivity index (χ3v) is 7.65. The van der Waals surface area contributed by atoms with Crippen LogP contribution in [0.3, 0.4) is 0 Å². The van der Waals surface area contributed by atoms with Gasteiger partial charge in [0, 0.05) is 11.9 Å². The molecular weight excluding hydrogens is 479 g/mol. The SMILES string of the molecule is Cc1cc(Nc2cccc(C(F)(F)F)n2)cc(-c2cnc([C@@]3(O)CC[C@H](C(=O)O)C(C)(C)C3)s2)c1. The number of pyridine rings is 1. The summed E-state index contributed by atoms with van der Waals surface area (Å²) in [6.07, 6.45) is -1.92. The fourth-order valence-corrected chi connectivity index (χ4v) is 5.83. The van der Waals surface area contributed by atoms with Gasteiger partial charge in [-0.25, -0.2) is 9.97 Å². The third kappa shape index (κ3) is 5.33. The van der Waals surface area contributed by atoms with Crippen LogP contribution >= 0.6 is 11.3 Å². The molecule has 1 aromatic carbocycles. The molecule has 1 aliphatic rings. The lowest BCUT2D eigenvalue weighted by atomic mass is 9.63. The van der Waals surface area contributed by atoms with Gasteiger partial charge >= 0.3 is 12.1 Å². The van der Waals surface area contributed by atoms with Crippen molar-refractivity contribution >= 4 is 28.8 Å². The first-order chi connectivity index (χ1) is 16.3. The molecule has 1 saturated carbocycles. The molecule has 3 N–H and O–H groups in total. The van der Waals surface area contributed by atoms with Gasteiger partial charge in [-0.2, -0.15) is 13.2 Å². The van der Waals surface area contributed by atoms with Crippen molar-refractivity contribution in [3.05, 3.63) is 58.9 Å². The van der Waals surface area contributed by atoms with Crippen LogP contribution in [0.1, 0.15) is 49.4 Å². The van der Waals surface area contributed by atoms with Crippen LogP contribution in [0.15, 0.2) is 42.6 Å². The summed E-state index contributed by atoms with van der Waals surface area (Å²) in [5, 5.41) is 24.4. The van der Waals surface area contributed by atoms with Crippen molar-refractivity contribution in [3.63, 3.8) is 0 Å². The van der Waals surface area contributed by atoms with Crippen molar-refractivity contribution in [1.29, 1.82) is 0 Å². The number of carbonyl (C=O) groups is 1. The average molecular weight is 506 g/mol. The van der Waals surface area contributed by atoms with Crippen LogP contribution in [0.2, 0.25) is 0 Å². The maximum absolute atomic E-state index is 13.0. The van der Waals surface area contributed by atoms with E-state index in [1.54, 1.807) is 18.3 Å². The summed E-state index contributed by atoms with van der Waals surface area (Å²) in [6.45, 7) is 5.58. The normalized spacial score (nSPS) is 22.1. The molecule has 0 saturated heterocycles. The molecule has 0 amide bonds. The van der Waals surface area contributed by atoms with Crippen LogP contribution in [0.4, 0.5) is 24.7 Å². The molecule has 2 atom stereocenters. The number of nitrogens with zero attached hydrogens (tertiary/aromatic N) is 2. The van der Waals surface area contributed by atoms with E-state index >= 15 is 0 Å². The molecule has 1 aliphatic carbocycles. The van der Waals surface area contributed by atoms with E-state index in [0.717, 1.165) is 22.1 Å². The molecule has 2 aromatic heterocycles. The second-order valence-electron chi connectivity index (χ2n) is 9.77. The van der Waals surface area contributed by atoms with Gasteiger partial charge in [-0.3, -0.25) is 4.79 Å². The zero-order valence-corrected chi connectivity index (χ0v) is 20.3. The molecule has 0 unspecified atom stereocenters. The predicted molar refractivity (Wildman–Crippen MR) is 127 cm³/mol. The first-order valence-electron chi connectivity index (χ1n) is 11.1. The number of nitrogens with one attached hydrogen (secondary N) is 1. The van der Waals surface area contributed by atoms with E-state index in [0.29, 0.717) is 23.5 Å². The van der Waals surface area contributed by atoms with Crippen molar-refractivity contribution in [1.82, 2.24) is 9.97 Å². The van der Waals surface area contributed by atoms with Crippen molar-refractivity contribution in [2.45, 2.75) is 51.8 Å². The monoisotopic (exact) mass is 505 g/mol. The highest BCUT2D eigenvalue weighted by Gasteiger charge is 2.49. The number of aryl methyl sites for hydroxylation is 1. The molecule has 2 heterocycles. The van der Waals surface area contributed by atoms with Gasteiger partial charge in [-0.1, -0.05) is 26.0 Å². The number of aromatic nitrogens is 2. The van der Waals surface area contributed by atoms with Gasteiger partial charge in [0.15, 0.2) is 0 Å². The maximum Gasteiger partial charge on any atom is 0.433 e. The Bertz CT molecular complexity index is 1260. The molecule has 35 heavy (non-hydrogen) atoms. The highest BCUT2D eigenvalue weighted by molar-refractivity contribution is 7.15. The quantitative estimate of drug-likeness (QED) is 0.373. The number of benzene rings is 1. The first-order valence-corrected chi connectivity index (χ1v) is 11.9. The topological polar surface area (TPSA) is 95.3 Å². The average Bonchev–Trinajstić information content (AvgIpc) is 3.23. The van der Waals surface area contributed by atoms with Gasteiger partial charge in [0.1, 0.15) is 22.1 Å². The molecule has 4 rings (SSSR count). The second-order valence-corrected chi connectivity index (χ2v) is 10.8. The van der Waals surface area contributed by atoms with Crippen LogP contribution in [0, 0.1) is 18.3 Å². The van der Waals surface area contributed by atoms with E-state index in [1.165, 1.54) is 23.5 Å². The maximum atomic E-state index is 13.0. The summed E-state index contributed by atoms with van der Waals surface area (Å²) in [7, 11) is 0. The minimum absolute atomic E-state index is 0.0769. The lowest BCUT2D eigenvalue weighted by Crippen LogP contribution is -2.44. The number of aliphatic hydroxyl groups is 1. The summed E-state index contributed by atoms with van der Waals surface area (Å²) in [4.78, 5) is 20.5. The van der Waals surface area contributed by atoms with Crippen LogP contribution in [0.5, 0.6) is 0 Å². The first kappa shape index (κ1) is 25.1. The Morgan fingerprint density at radius 3 is 2.63 bits per heavy atom. The van der Waals surface area contributed by atoms with Crippen molar-refractivity contribution in [3.8, 4) is 10.4 Å². The Labute approximate surface area is 204 Å². The van der Waals surface area contributed by atoms with Gasteiger partial charge in [-0.15, -0.1) is 11.3 Å². The zero-order valence-electron chi connectivity index (χ0n) is 19.5. The largest absolute Gasteiger partial charge is 0.481 e. The molecule has 0 bridgehead atoms. The van der Waals surface area contributed by atoms with Gasteiger partial charge in [0.25, 0.3) is 0 Å². The Kier molecular flexibility index (Phi) is 6.39. The number of halogens is 3. The number of aliphatic carboxylic acids is 1. The number of alkyl halides is 3. The van der Waals surface area contributed by atoms with Gasteiger partial charge < -0.3 is 15.5 Å². The van der Waals surface area contributed by atoms with E-state index in [4.69, 9.17) is 0 Å². The van der Waals surface area contributed by atoms with Gasteiger partial charge in [0.05, 0.1) is 10.8 Å². The van der Waals surface area contributed by atoms with Crippen LogP contribution in [-0.4, -0.2) is 26.2 Å². The molecule has 186 valence electrons. The molecular formula is C25H26F3N3O3S. The van der Waals surface area contributed by atoms with E-state index in [-0.39, 0.29) is 12.2 Å². The molecule has 0 radical (unpaired) electrons. The van der Waals surface area contributed by atoms with E-state index in [1.807, 2.05) is 26.8 Å². The Morgan fingerprint density at radius 2 is 1.97 bits per heavy atom. The minimum atomic E-state index is -4.53. The summed E-state index contributed by atoms with van der Waals surface area (Å²) >= 11 is 1.33. The fraction of sp³-hybridized carbons (Fsp3) is 0.400. The standard InChI is InChI=1S/C25H26F3N3O3S/c1-14-9-15(11-16(10-14)30-20-6-4-5-19(31-20)25(26,27)28)18-12-29-22(35-18)24(34)8-7-17(21(32)33)23(2,3)13-24/h4-6,9-12,17,34H,7-8,13H2,1-3H3,(H,30,31)(H,32,33)/t17-,24-/m1/s1. The second kappa shape index (κ2) is 8.91. The van der Waals surface area contributed by atoms with Crippen molar-refractivity contribution < 1.29 is 28.2 Å². The lowest BCUT2D eigenvalue weighted by Gasteiger charge is -2.44. The molecule has 10 heteroatoms. The molecule has 6 nitrogen and oxygen atoms in total. The number of carboxylic acid groups (broad SMARTS) is 1.